The van der Waals surface area contributed by atoms with Crippen molar-refractivity contribution in [3.8, 4) is 5.75 Å². The van der Waals surface area contributed by atoms with E-state index in [0.29, 0.717) is 12.4 Å². The highest BCUT2D eigenvalue weighted by Gasteiger charge is 2.16. The average Bonchev–Trinajstić information content (AvgIpc) is 2.22. The number of hydrogen-bond donors (Lipinski definition) is 0. The molecular weight excluding hydrogens is 239 g/mol. The minimum Gasteiger partial charge on any atom is -0.495 e. The molecule has 1 aromatic rings. The molecule has 0 aliphatic heterocycles. The Bertz CT molecular complexity index is 377. The van der Waals surface area contributed by atoms with Crippen LogP contribution in [0.2, 0.25) is 10.0 Å². The fourth-order valence-electron chi connectivity index (χ4n) is 1.06. The third kappa shape index (κ3) is 2.55. The van der Waals surface area contributed by atoms with Crippen molar-refractivity contribution in [2.75, 3.05) is 13.7 Å². The minimum atomic E-state index is -0.493. The van der Waals surface area contributed by atoms with E-state index < -0.39 is 5.97 Å². The molecule has 0 heterocycles. The standard InChI is InChI=1S/C10H10Cl2O3/c1-3-15-10(13)6-4-5-7(14-2)9(12)8(6)11/h4-5H,3H2,1-2H3. The van der Waals surface area contributed by atoms with Gasteiger partial charge in [0.25, 0.3) is 0 Å². The van der Waals surface area contributed by atoms with Crippen LogP contribution < -0.4 is 4.74 Å². The molecule has 0 unspecified atom stereocenters. The lowest BCUT2D eigenvalue weighted by atomic mass is 10.2. The van der Waals surface area contributed by atoms with E-state index in [9.17, 15) is 4.79 Å². The Balaban J connectivity index is 3.11. The lowest BCUT2D eigenvalue weighted by Crippen LogP contribution is -2.05. The number of rotatable bonds is 3. The van der Waals surface area contributed by atoms with E-state index in [2.05, 4.69) is 0 Å². The highest BCUT2D eigenvalue weighted by Crippen LogP contribution is 2.34. The quantitative estimate of drug-likeness (QED) is 0.771. The van der Waals surface area contributed by atoms with Crippen LogP contribution in [0, 0.1) is 0 Å². The van der Waals surface area contributed by atoms with Gasteiger partial charge in [-0.25, -0.2) is 4.79 Å². The van der Waals surface area contributed by atoms with Crippen LogP contribution in [0.4, 0.5) is 0 Å². The van der Waals surface area contributed by atoms with Gasteiger partial charge in [0.05, 0.1) is 24.3 Å². The Morgan fingerprint density at radius 2 is 2.00 bits per heavy atom. The Hall–Kier alpha value is -0.930. The first-order valence-corrected chi connectivity index (χ1v) is 5.06. The zero-order chi connectivity index (χ0) is 11.4. The second-order valence-electron chi connectivity index (χ2n) is 2.66. The van der Waals surface area contributed by atoms with Crippen molar-refractivity contribution in [2.24, 2.45) is 0 Å². The molecule has 0 aliphatic rings. The predicted octanol–water partition coefficient (Wildman–Crippen LogP) is 3.18. The van der Waals surface area contributed by atoms with Gasteiger partial charge in [0, 0.05) is 0 Å². The molecule has 82 valence electrons. The number of benzene rings is 1. The number of ether oxygens (including phenoxy) is 2. The third-order valence-corrected chi connectivity index (χ3v) is 2.63. The van der Waals surface area contributed by atoms with Gasteiger partial charge in [0.15, 0.2) is 0 Å². The molecule has 0 radical (unpaired) electrons. The molecule has 0 amide bonds. The Kier molecular flexibility index (Phi) is 4.24. The lowest BCUT2D eigenvalue weighted by molar-refractivity contribution is 0.0526. The monoisotopic (exact) mass is 248 g/mol. The predicted molar refractivity (Wildman–Crippen MR) is 59.0 cm³/mol. The van der Waals surface area contributed by atoms with Crippen molar-refractivity contribution in [1.82, 2.24) is 0 Å². The summed E-state index contributed by atoms with van der Waals surface area (Å²) in [4.78, 5) is 11.4. The fourth-order valence-corrected chi connectivity index (χ4v) is 1.53. The van der Waals surface area contributed by atoms with Gasteiger partial charge in [0.2, 0.25) is 0 Å². The summed E-state index contributed by atoms with van der Waals surface area (Å²) in [5.74, 6) is -0.0678. The highest BCUT2D eigenvalue weighted by atomic mass is 35.5. The summed E-state index contributed by atoms with van der Waals surface area (Å²) in [5, 5.41) is 0.360. The minimum absolute atomic E-state index is 0.148. The summed E-state index contributed by atoms with van der Waals surface area (Å²) < 4.78 is 9.77. The molecule has 0 spiro atoms. The summed E-state index contributed by atoms with van der Waals surface area (Å²) in [6.07, 6.45) is 0. The van der Waals surface area contributed by atoms with Gasteiger partial charge in [-0.1, -0.05) is 23.2 Å². The zero-order valence-corrected chi connectivity index (χ0v) is 9.85. The normalized spacial score (nSPS) is 9.87. The molecule has 15 heavy (non-hydrogen) atoms. The van der Waals surface area contributed by atoms with E-state index in [1.165, 1.54) is 13.2 Å². The average molecular weight is 249 g/mol. The van der Waals surface area contributed by atoms with E-state index in [-0.39, 0.29) is 15.6 Å². The molecule has 0 bridgehead atoms. The smallest absolute Gasteiger partial charge is 0.339 e. The lowest BCUT2D eigenvalue weighted by Gasteiger charge is -2.08. The van der Waals surface area contributed by atoms with Gasteiger partial charge in [-0.05, 0) is 19.1 Å². The molecule has 0 atom stereocenters. The molecule has 5 heteroatoms. The van der Waals surface area contributed by atoms with Gasteiger partial charge in [-0.2, -0.15) is 0 Å². The van der Waals surface area contributed by atoms with Crippen LogP contribution in [0.25, 0.3) is 0 Å². The van der Waals surface area contributed by atoms with Gasteiger partial charge in [-0.15, -0.1) is 0 Å². The van der Waals surface area contributed by atoms with Gasteiger partial charge < -0.3 is 9.47 Å². The topological polar surface area (TPSA) is 35.5 Å². The molecule has 1 rings (SSSR count). The first-order valence-electron chi connectivity index (χ1n) is 4.31. The molecule has 0 fully saturated rings. The van der Waals surface area contributed by atoms with Crippen molar-refractivity contribution in [3.05, 3.63) is 27.7 Å². The number of methoxy groups -OCH3 is 1. The van der Waals surface area contributed by atoms with E-state index >= 15 is 0 Å². The maximum atomic E-state index is 11.4. The zero-order valence-electron chi connectivity index (χ0n) is 8.34. The van der Waals surface area contributed by atoms with Crippen molar-refractivity contribution in [1.29, 1.82) is 0 Å². The van der Waals surface area contributed by atoms with Crippen LogP contribution in [-0.4, -0.2) is 19.7 Å². The number of hydrogen-bond acceptors (Lipinski definition) is 3. The maximum Gasteiger partial charge on any atom is 0.339 e. The van der Waals surface area contributed by atoms with Crippen molar-refractivity contribution in [2.45, 2.75) is 6.92 Å². The Labute approximate surface area is 97.9 Å². The summed E-state index contributed by atoms with van der Waals surface area (Å²) in [7, 11) is 1.47. The molecule has 0 aliphatic carbocycles. The fraction of sp³-hybridized carbons (Fsp3) is 0.300. The van der Waals surface area contributed by atoms with Gasteiger partial charge >= 0.3 is 5.97 Å². The van der Waals surface area contributed by atoms with Crippen LogP contribution in [0.3, 0.4) is 0 Å². The van der Waals surface area contributed by atoms with E-state index in [0.717, 1.165) is 0 Å². The molecule has 0 aromatic heterocycles. The molecule has 3 nitrogen and oxygen atoms in total. The summed E-state index contributed by atoms with van der Waals surface area (Å²) in [5.41, 5.74) is 0.240. The second-order valence-corrected chi connectivity index (χ2v) is 3.42. The Morgan fingerprint density at radius 3 is 2.53 bits per heavy atom. The SMILES string of the molecule is CCOC(=O)c1ccc(OC)c(Cl)c1Cl. The maximum absolute atomic E-state index is 11.4. The first-order chi connectivity index (χ1) is 7.11. The highest BCUT2D eigenvalue weighted by molar-refractivity contribution is 6.44. The van der Waals surface area contributed by atoms with Gasteiger partial charge in [0.1, 0.15) is 10.8 Å². The van der Waals surface area contributed by atoms with E-state index in [1.807, 2.05) is 0 Å². The van der Waals surface area contributed by atoms with Crippen LogP contribution >= 0.6 is 23.2 Å². The van der Waals surface area contributed by atoms with Crippen molar-refractivity contribution < 1.29 is 14.3 Å². The second kappa shape index (κ2) is 5.24. The first kappa shape index (κ1) is 12.1. The number of carbonyl (C=O) groups excluding carboxylic acids is 1. The van der Waals surface area contributed by atoms with Crippen LogP contribution in [-0.2, 0) is 4.74 Å². The molecule has 0 saturated carbocycles. The summed E-state index contributed by atoms with van der Waals surface area (Å²) in [6.45, 7) is 2.01. The molecule has 0 N–H and O–H groups in total. The van der Waals surface area contributed by atoms with Crippen molar-refractivity contribution >= 4 is 29.2 Å². The summed E-state index contributed by atoms with van der Waals surface area (Å²) in [6, 6.07) is 3.09. The van der Waals surface area contributed by atoms with Crippen LogP contribution in [0.5, 0.6) is 5.75 Å². The molecule has 0 saturated heterocycles. The number of halogens is 2. The van der Waals surface area contributed by atoms with Crippen LogP contribution in [0.1, 0.15) is 17.3 Å². The van der Waals surface area contributed by atoms with Crippen LogP contribution in [0.15, 0.2) is 12.1 Å². The van der Waals surface area contributed by atoms with Crippen molar-refractivity contribution in [3.63, 3.8) is 0 Å². The third-order valence-electron chi connectivity index (χ3n) is 1.76. The number of carbonyl (C=O) groups is 1. The van der Waals surface area contributed by atoms with Gasteiger partial charge in [-0.3, -0.25) is 0 Å². The molecular formula is C10H10Cl2O3. The molecule has 1 aromatic carbocycles. The largest absolute Gasteiger partial charge is 0.495 e. The number of esters is 1. The summed E-state index contributed by atoms with van der Waals surface area (Å²) >= 11 is 11.8. The van der Waals surface area contributed by atoms with E-state index in [4.69, 9.17) is 32.7 Å². The van der Waals surface area contributed by atoms with E-state index in [1.54, 1.807) is 13.0 Å². The Morgan fingerprint density at radius 1 is 1.33 bits per heavy atom.